The summed E-state index contributed by atoms with van der Waals surface area (Å²) in [6.45, 7) is 9.58. The molecule has 1 aliphatic rings. The average molecular weight is 405 g/mol. The molecule has 0 aliphatic carbocycles. The minimum atomic E-state index is -2.84. The molecule has 0 unspecified atom stereocenters. The Hall–Kier alpha value is -2.25. The quantitative estimate of drug-likeness (QED) is 0.655. The second-order valence-corrected chi connectivity index (χ2v) is 7.82. The standard InChI is InChI=1S/C22H29F2N3O2/c1-15(2)26-11-9-25(10-12-26)14-21(28)20-13-16(3)27(17(20)4)18-5-7-19(8-6-18)29-22(23)24/h5-8,13,15,22H,9-12,14H2,1-4H3. The van der Waals surface area contributed by atoms with Crippen molar-refractivity contribution in [3.8, 4) is 11.4 Å². The molecule has 1 saturated heterocycles. The van der Waals surface area contributed by atoms with Crippen molar-refractivity contribution in [3.63, 3.8) is 0 Å². The topological polar surface area (TPSA) is 37.7 Å². The van der Waals surface area contributed by atoms with E-state index in [1.165, 1.54) is 12.1 Å². The molecule has 1 aliphatic heterocycles. The average Bonchev–Trinajstić information content (AvgIpc) is 2.97. The lowest BCUT2D eigenvalue weighted by Gasteiger charge is -2.36. The fourth-order valence-corrected chi connectivity index (χ4v) is 3.95. The van der Waals surface area contributed by atoms with Gasteiger partial charge < -0.3 is 9.30 Å². The van der Waals surface area contributed by atoms with Crippen LogP contribution in [0.5, 0.6) is 5.75 Å². The number of carbonyl (C=O) groups is 1. The van der Waals surface area contributed by atoms with Crippen molar-refractivity contribution in [1.29, 1.82) is 0 Å². The third-order valence-corrected chi connectivity index (χ3v) is 5.56. The maximum atomic E-state index is 12.9. The molecule has 29 heavy (non-hydrogen) atoms. The SMILES string of the molecule is Cc1cc(C(=O)CN2CCN(C(C)C)CC2)c(C)n1-c1ccc(OC(F)F)cc1. The Morgan fingerprint density at radius 1 is 1.07 bits per heavy atom. The summed E-state index contributed by atoms with van der Waals surface area (Å²) in [5, 5.41) is 0. The van der Waals surface area contributed by atoms with Gasteiger partial charge in [0.2, 0.25) is 0 Å². The highest BCUT2D eigenvalue weighted by Gasteiger charge is 2.23. The van der Waals surface area contributed by atoms with Crippen LogP contribution in [0.1, 0.15) is 35.6 Å². The van der Waals surface area contributed by atoms with Crippen LogP contribution in [0.3, 0.4) is 0 Å². The van der Waals surface area contributed by atoms with Gasteiger partial charge in [-0.25, -0.2) is 0 Å². The lowest BCUT2D eigenvalue weighted by Crippen LogP contribution is -2.50. The molecule has 1 aromatic carbocycles. The number of piperazine rings is 1. The van der Waals surface area contributed by atoms with Crippen LogP contribution in [0.2, 0.25) is 0 Å². The molecule has 0 N–H and O–H groups in total. The first-order chi connectivity index (χ1) is 13.8. The Labute approximate surface area is 170 Å². The van der Waals surface area contributed by atoms with Crippen molar-refractivity contribution in [3.05, 3.63) is 47.3 Å². The van der Waals surface area contributed by atoms with Crippen LogP contribution in [0, 0.1) is 13.8 Å². The predicted octanol–water partition coefficient (Wildman–Crippen LogP) is 3.90. The van der Waals surface area contributed by atoms with Gasteiger partial charge in [-0.1, -0.05) is 0 Å². The number of ether oxygens (including phenoxy) is 1. The number of benzene rings is 1. The second kappa shape index (κ2) is 9.05. The number of halogens is 2. The number of hydrogen-bond donors (Lipinski definition) is 0. The molecule has 0 amide bonds. The van der Waals surface area contributed by atoms with Crippen molar-refractivity contribution in [2.45, 2.75) is 40.3 Å². The first-order valence-corrected chi connectivity index (χ1v) is 10.00. The third kappa shape index (κ3) is 5.03. The molecule has 2 aromatic rings. The number of Topliss-reactive ketones (excluding diaryl/α,β-unsaturated/α-hetero) is 1. The zero-order valence-electron chi connectivity index (χ0n) is 17.5. The van der Waals surface area contributed by atoms with Gasteiger partial charge in [0, 0.05) is 54.9 Å². The van der Waals surface area contributed by atoms with Crippen molar-refractivity contribution < 1.29 is 18.3 Å². The van der Waals surface area contributed by atoms with Crippen LogP contribution >= 0.6 is 0 Å². The Morgan fingerprint density at radius 3 is 2.24 bits per heavy atom. The molecule has 7 heteroatoms. The summed E-state index contributed by atoms with van der Waals surface area (Å²) < 4.78 is 31.1. The number of carbonyl (C=O) groups excluding carboxylic acids is 1. The van der Waals surface area contributed by atoms with E-state index in [1.54, 1.807) is 12.1 Å². The number of aromatic nitrogens is 1. The van der Waals surface area contributed by atoms with Gasteiger partial charge in [-0.15, -0.1) is 0 Å². The fraction of sp³-hybridized carbons (Fsp3) is 0.500. The highest BCUT2D eigenvalue weighted by atomic mass is 19.3. The summed E-state index contributed by atoms with van der Waals surface area (Å²) in [4.78, 5) is 17.6. The van der Waals surface area contributed by atoms with Crippen LogP contribution < -0.4 is 4.74 Å². The van der Waals surface area contributed by atoms with Gasteiger partial charge in [0.1, 0.15) is 5.75 Å². The number of aryl methyl sites for hydroxylation is 1. The van der Waals surface area contributed by atoms with E-state index in [9.17, 15) is 13.6 Å². The smallest absolute Gasteiger partial charge is 0.387 e. The minimum absolute atomic E-state index is 0.111. The molecule has 0 spiro atoms. The Bertz CT molecular complexity index is 838. The summed E-state index contributed by atoms with van der Waals surface area (Å²) >= 11 is 0. The van der Waals surface area contributed by atoms with Gasteiger partial charge in [-0.2, -0.15) is 8.78 Å². The number of ketones is 1. The van der Waals surface area contributed by atoms with E-state index in [0.717, 1.165) is 43.3 Å². The lowest BCUT2D eigenvalue weighted by atomic mass is 10.1. The van der Waals surface area contributed by atoms with Gasteiger partial charge in [0.05, 0.1) is 6.54 Å². The number of hydrogen-bond acceptors (Lipinski definition) is 4. The molecular formula is C22H29F2N3O2. The minimum Gasteiger partial charge on any atom is -0.435 e. The van der Waals surface area contributed by atoms with Crippen LogP contribution in [-0.4, -0.2) is 65.5 Å². The largest absolute Gasteiger partial charge is 0.435 e. The maximum Gasteiger partial charge on any atom is 0.387 e. The van der Waals surface area contributed by atoms with E-state index in [2.05, 4.69) is 28.4 Å². The molecule has 0 bridgehead atoms. The summed E-state index contributed by atoms with van der Waals surface area (Å²) in [5.74, 6) is 0.225. The van der Waals surface area contributed by atoms with E-state index in [0.29, 0.717) is 18.2 Å². The highest BCUT2D eigenvalue weighted by Crippen LogP contribution is 2.24. The Balaban J connectivity index is 1.71. The van der Waals surface area contributed by atoms with Crippen molar-refractivity contribution in [1.82, 2.24) is 14.4 Å². The molecule has 5 nitrogen and oxygen atoms in total. The molecule has 1 fully saturated rings. The summed E-state index contributed by atoms with van der Waals surface area (Å²) in [6, 6.07) is 8.90. The molecule has 1 aromatic heterocycles. The maximum absolute atomic E-state index is 12.9. The van der Waals surface area contributed by atoms with Crippen molar-refractivity contribution in [2.24, 2.45) is 0 Å². The summed E-state index contributed by atoms with van der Waals surface area (Å²) in [6.07, 6.45) is 0. The first-order valence-electron chi connectivity index (χ1n) is 10.00. The van der Waals surface area contributed by atoms with Gasteiger partial charge >= 0.3 is 6.61 Å². The molecule has 0 radical (unpaired) electrons. The summed E-state index contributed by atoms with van der Waals surface area (Å²) in [5.41, 5.74) is 3.31. The first kappa shape index (κ1) is 21.5. The molecule has 2 heterocycles. The van der Waals surface area contributed by atoms with Crippen LogP contribution in [0.25, 0.3) is 5.69 Å². The Kier molecular flexibility index (Phi) is 6.70. The normalized spacial score (nSPS) is 16.0. The van der Waals surface area contributed by atoms with E-state index in [-0.39, 0.29) is 11.5 Å². The van der Waals surface area contributed by atoms with Crippen LogP contribution in [0.15, 0.2) is 30.3 Å². The predicted molar refractivity (Wildman–Crippen MR) is 109 cm³/mol. The van der Waals surface area contributed by atoms with E-state index in [4.69, 9.17) is 0 Å². The number of rotatable bonds is 7. The highest BCUT2D eigenvalue weighted by molar-refractivity contribution is 5.99. The lowest BCUT2D eigenvalue weighted by molar-refractivity contribution is -0.0498. The van der Waals surface area contributed by atoms with E-state index in [1.807, 2.05) is 24.5 Å². The van der Waals surface area contributed by atoms with Crippen LogP contribution in [0.4, 0.5) is 8.78 Å². The fourth-order valence-electron chi connectivity index (χ4n) is 3.95. The van der Waals surface area contributed by atoms with Crippen molar-refractivity contribution >= 4 is 5.78 Å². The van der Waals surface area contributed by atoms with Gasteiger partial charge in [-0.05, 0) is 58.0 Å². The summed E-state index contributed by atoms with van der Waals surface area (Å²) in [7, 11) is 0. The second-order valence-electron chi connectivity index (χ2n) is 7.82. The molecular weight excluding hydrogens is 376 g/mol. The van der Waals surface area contributed by atoms with Gasteiger partial charge in [0.25, 0.3) is 0 Å². The molecule has 3 rings (SSSR count). The zero-order valence-corrected chi connectivity index (χ0v) is 17.5. The third-order valence-electron chi connectivity index (χ3n) is 5.56. The van der Waals surface area contributed by atoms with Crippen LogP contribution in [-0.2, 0) is 0 Å². The zero-order chi connectivity index (χ0) is 21.1. The van der Waals surface area contributed by atoms with Crippen molar-refractivity contribution in [2.75, 3.05) is 32.7 Å². The molecule has 158 valence electrons. The number of alkyl halides is 2. The monoisotopic (exact) mass is 405 g/mol. The number of nitrogens with zero attached hydrogens (tertiary/aromatic N) is 3. The van der Waals surface area contributed by atoms with E-state index < -0.39 is 6.61 Å². The molecule has 0 saturated carbocycles. The van der Waals surface area contributed by atoms with Gasteiger partial charge in [0.15, 0.2) is 5.78 Å². The molecule has 0 atom stereocenters. The Morgan fingerprint density at radius 2 is 1.69 bits per heavy atom. The van der Waals surface area contributed by atoms with Gasteiger partial charge in [-0.3, -0.25) is 14.6 Å². The van der Waals surface area contributed by atoms with E-state index >= 15 is 0 Å².